The summed E-state index contributed by atoms with van der Waals surface area (Å²) < 4.78 is 13.0. The molecule has 17 heavy (non-hydrogen) atoms. The van der Waals surface area contributed by atoms with Crippen LogP contribution in [0.1, 0.15) is 38.8 Å². The molecule has 96 valence electrons. The highest BCUT2D eigenvalue weighted by molar-refractivity contribution is 5.21. The van der Waals surface area contributed by atoms with Gasteiger partial charge in [-0.3, -0.25) is 4.90 Å². The Kier molecular flexibility index (Phi) is 5.59. The molecule has 0 saturated heterocycles. The molecule has 0 heterocycles. The van der Waals surface area contributed by atoms with Crippen LogP contribution in [0, 0.1) is 5.82 Å². The van der Waals surface area contributed by atoms with E-state index in [1.165, 1.54) is 12.1 Å². The molecule has 0 spiro atoms. The Bertz CT molecular complexity index is 319. The number of nitrogens with zero attached hydrogens (tertiary/aromatic N) is 1. The molecule has 0 aliphatic heterocycles. The molecule has 0 amide bonds. The lowest BCUT2D eigenvalue weighted by Gasteiger charge is -2.34. The molecule has 0 radical (unpaired) electrons. The van der Waals surface area contributed by atoms with Gasteiger partial charge in [0.05, 0.1) is 0 Å². The normalized spacial score (nSPS) is 14.9. The van der Waals surface area contributed by atoms with Crippen molar-refractivity contribution in [2.45, 2.75) is 39.3 Å². The average molecular weight is 238 g/mol. The molecule has 0 saturated carbocycles. The van der Waals surface area contributed by atoms with E-state index in [1.54, 1.807) is 0 Å². The first kappa shape index (κ1) is 14.1. The van der Waals surface area contributed by atoms with Crippen molar-refractivity contribution in [3.63, 3.8) is 0 Å². The Balaban J connectivity index is 3.00. The van der Waals surface area contributed by atoms with E-state index < -0.39 is 0 Å². The fraction of sp³-hybridized carbons (Fsp3) is 0.571. The monoisotopic (exact) mass is 238 g/mol. The Labute approximate surface area is 104 Å². The van der Waals surface area contributed by atoms with Crippen molar-refractivity contribution in [1.82, 2.24) is 4.90 Å². The van der Waals surface area contributed by atoms with Crippen LogP contribution < -0.4 is 5.73 Å². The maximum absolute atomic E-state index is 13.0. The van der Waals surface area contributed by atoms with Crippen LogP contribution in [-0.4, -0.2) is 24.0 Å². The molecular weight excluding hydrogens is 215 g/mol. The lowest BCUT2D eigenvalue weighted by Crippen LogP contribution is -2.40. The molecule has 2 N–H and O–H groups in total. The smallest absolute Gasteiger partial charge is 0.123 e. The SMILES string of the molecule is CCC(N)C(c1ccc(F)cc1)N(CC)CC. The van der Waals surface area contributed by atoms with Gasteiger partial charge in [-0.2, -0.15) is 0 Å². The predicted molar refractivity (Wildman–Crippen MR) is 70.3 cm³/mol. The summed E-state index contributed by atoms with van der Waals surface area (Å²) in [4.78, 5) is 2.32. The number of benzene rings is 1. The zero-order chi connectivity index (χ0) is 12.8. The molecule has 0 bridgehead atoms. The second-order valence-electron chi connectivity index (χ2n) is 4.29. The molecule has 1 aromatic rings. The quantitative estimate of drug-likeness (QED) is 0.825. The van der Waals surface area contributed by atoms with Crippen LogP contribution in [0.5, 0.6) is 0 Å². The van der Waals surface area contributed by atoms with Gasteiger partial charge in [0.1, 0.15) is 5.82 Å². The van der Waals surface area contributed by atoms with Gasteiger partial charge in [0.2, 0.25) is 0 Å². The van der Waals surface area contributed by atoms with E-state index in [9.17, 15) is 4.39 Å². The average Bonchev–Trinajstić information content (AvgIpc) is 2.36. The lowest BCUT2D eigenvalue weighted by atomic mass is 9.96. The minimum absolute atomic E-state index is 0.0837. The van der Waals surface area contributed by atoms with Crippen molar-refractivity contribution in [1.29, 1.82) is 0 Å². The van der Waals surface area contributed by atoms with Gasteiger partial charge in [-0.15, -0.1) is 0 Å². The first-order valence-corrected chi connectivity index (χ1v) is 6.39. The number of likely N-dealkylation sites (N-methyl/N-ethyl adjacent to an activating group) is 1. The van der Waals surface area contributed by atoms with Gasteiger partial charge >= 0.3 is 0 Å². The van der Waals surface area contributed by atoms with Crippen LogP contribution in [0.3, 0.4) is 0 Å². The van der Waals surface area contributed by atoms with Gasteiger partial charge < -0.3 is 5.73 Å². The highest BCUT2D eigenvalue weighted by Crippen LogP contribution is 2.24. The maximum atomic E-state index is 13.0. The summed E-state index contributed by atoms with van der Waals surface area (Å²) in [5, 5.41) is 0. The second kappa shape index (κ2) is 6.72. The van der Waals surface area contributed by atoms with Crippen molar-refractivity contribution in [2.75, 3.05) is 13.1 Å². The Hall–Kier alpha value is -0.930. The molecule has 2 unspecified atom stereocenters. The third-order valence-corrected chi connectivity index (χ3v) is 3.29. The molecule has 0 fully saturated rings. The van der Waals surface area contributed by atoms with Gasteiger partial charge in [0.25, 0.3) is 0 Å². The molecule has 0 aliphatic carbocycles. The molecule has 1 aromatic carbocycles. The fourth-order valence-electron chi connectivity index (χ4n) is 2.23. The van der Waals surface area contributed by atoms with E-state index in [1.807, 2.05) is 12.1 Å². The van der Waals surface area contributed by atoms with E-state index in [4.69, 9.17) is 5.73 Å². The number of rotatable bonds is 6. The molecule has 0 aromatic heterocycles. The molecular formula is C14H23FN2. The summed E-state index contributed by atoms with van der Waals surface area (Å²) >= 11 is 0. The zero-order valence-corrected chi connectivity index (χ0v) is 11.0. The molecule has 2 atom stereocenters. The fourth-order valence-corrected chi connectivity index (χ4v) is 2.23. The summed E-state index contributed by atoms with van der Waals surface area (Å²) in [6.07, 6.45) is 0.915. The summed E-state index contributed by atoms with van der Waals surface area (Å²) in [7, 11) is 0. The minimum atomic E-state index is -0.197. The van der Waals surface area contributed by atoms with E-state index in [-0.39, 0.29) is 17.9 Å². The van der Waals surface area contributed by atoms with Crippen LogP contribution in [-0.2, 0) is 0 Å². The van der Waals surface area contributed by atoms with Crippen LogP contribution >= 0.6 is 0 Å². The van der Waals surface area contributed by atoms with Crippen molar-refractivity contribution in [3.05, 3.63) is 35.6 Å². The van der Waals surface area contributed by atoms with Crippen LogP contribution in [0.2, 0.25) is 0 Å². The molecule has 2 nitrogen and oxygen atoms in total. The van der Waals surface area contributed by atoms with Gasteiger partial charge in [0.15, 0.2) is 0 Å². The van der Waals surface area contributed by atoms with Crippen molar-refractivity contribution in [2.24, 2.45) is 5.73 Å². The lowest BCUT2D eigenvalue weighted by molar-refractivity contribution is 0.187. The number of halogens is 1. The summed E-state index contributed by atoms with van der Waals surface area (Å²) in [5.41, 5.74) is 7.31. The van der Waals surface area contributed by atoms with Crippen molar-refractivity contribution in [3.8, 4) is 0 Å². The van der Waals surface area contributed by atoms with Crippen LogP contribution in [0.4, 0.5) is 4.39 Å². The number of nitrogens with two attached hydrogens (primary N) is 1. The topological polar surface area (TPSA) is 29.3 Å². The highest BCUT2D eigenvalue weighted by Gasteiger charge is 2.23. The van der Waals surface area contributed by atoms with Crippen LogP contribution in [0.15, 0.2) is 24.3 Å². The standard InChI is InChI=1S/C14H23FN2/c1-4-13(16)14(17(5-2)6-3)11-7-9-12(15)10-8-11/h7-10,13-14H,4-6,16H2,1-3H3. The molecule has 3 heteroatoms. The van der Waals surface area contributed by atoms with E-state index in [0.717, 1.165) is 25.1 Å². The minimum Gasteiger partial charge on any atom is -0.326 e. The Morgan fingerprint density at radius 1 is 1.12 bits per heavy atom. The van der Waals surface area contributed by atoms with Gasteiger partial charge in [-0.05, 0) is 37.2 Å². The van der Waals surface area contributed by atoms with Gasteiger partial charge in [-0.25, -0.2) is 4.39 Å². The van der Waals surface area contributed by atoms with Crippen molar-refractivity contribution >= 4 is 0 Å². The summed E-state index contributed by atoms with van der Waals surface area (Å²) in [6, 6.07) is 6.96. The first-order chi connectivity index (χ1) is 8.13. The van der Waals surface area contributed by atoms with E-state index in [2.05, 4.69) is 25.7 Å². The number of hydrogen-bond donors (Lipinski definition) is 1. The third kappa shape index (κ3) is 3.51. The maximum Gasteiger partial charge on any atom is 0.123 e. The van der Waals surface area contributed by atoms with E-state index in [0.29, 0.717) is 0 Å². The predicted octanol–water partition coefficient (Wildman–Crippen LogP) is 2.95. The molecule has 1 rings (SSSR count). The number of hydrogen-bond acceptors (Lipinski definition) is 2. The highest BCUT2D eigenvalue weighted by atomic mass is 19.1. The van der Waals surface area contributed by atoms with Crippen molar-refractivity contribution < 1.29 is 4.39 Å². The molecule has 0 aliphatic rings. The Morgan fingerprint density at radius 3 is 2.06 bits per heavy atom. The summed E-state index contributed by atoms with van der Waals surface area (Å²) in [5.74, 6) is -0.197. The van der Waals surface area contributed by atoms with Gasteiger partial charge in [0, 0.05) is 12.1 Å². The Morgan fingerprint density at radius 2 is 1.65 bits per heavy atom. The van der Waals surface area contributed by atoms with Crippen LogP contribution in [0.25, 0.3) is 0 Å². The van der Waals surface area contributed by atoms with E-state index >= 15 is 0 Å². The first-order valence-electron chi connectivity index (χ1n) is 6.39. The largest absolute Gasteiger partial charge is 0.326 e. The second-order valence-corrected chi connectivity index (χ2v) is 4.29. The zero-order valence-electron chi connectivity index (χ0n) is 11.0. The third-order valence-electron chi connectivity index (χ3n) is 3.29. The summed E-state index contributed by atoms with van der Waals surface area (Å²) in [6.45, 7) is 8.24. The van der Waals surface area contributed by atoms with Gasteiger partial charge in [-0.1, -0.05) is 32.9 Å².